The number of hydrogen-bond donors (Lipinski definition) is 2. The SMILES string of the molecule is C=CCNCC(=O)NCC(CC(C)C)N(C)C. The van der Waals surface area contributed by atoms with Gasteiger partial charge in [-0.25, -0.2) is 0 Å². The molecule has 0 aliphatic rings. The summed E-state index contributed by atoms with van der Waals surface area (Å²) in [7, 11) is 4.10. The Morgan fingerprint density at radius 1 is 1.41 bits per heavy atom. The van der Waals surface area contributed by atoms with Crippen molar-refractivity contribution in [3.05, 3.63) is 12.7 Å². The van der Waals surface area contributed by atoms with Crippen molar-refractivity contribution >= 4 is 5.91 Å². The highest BCUT2D eigenvalue weighted by molar-refractivity contribution is 5.78. The summed E-state index contributed by atoms with van der Waals surface area (Å²) in [6, 6.07) is 0.401. The van der Waals surface area contributed by atoms with E-state index in [0.29, 0.717) is 31.6 Å². The average Bonchev–Trinajstić information content (AvgIpc) is 2.23. The highest BCUT2D eigenvalue weighted by Gasteiger charge is 2.14. The Morgan fingerprint density at radius 3 is 2.53 bits per heavy atom. The molecule has 0 aromatic carbocycles. The second-order valence-corrected chi connectivity index (χ2v) is 4.97. The third kappa shape index (κ3) is 8.89. The minimum absolute atomic E-state index is 0.0439. The Hall–Kier alpha value is -0.870. The summed E-state index contributed by atoms with van der Waals surface area (Å²) >= 11 is 0. The fourth-order valence-corrected chi connectivity index (χ4v) is 1.60. The lowest BCUT2D eigenvalue weighted by molar-refractivity contribution is -0.120. The summed E-state index contributed by atoms with van der Waals surface area (Å²) in [6.45, 7) is 9.71. The molecule has 4 heteroatoms. The van der Waals surface area contributed by atoms with Crippen LogP contribution in [0.2, 0.25) is 0 Å². The van der Waals surface area contributed by atoms with E-state index in [0.717, 1.165) is 6.42 Å². The maximum atomic E-state index is 11.5. The van der Waals surface area contributed by atoms with Crippen molar-refractivity contribution in [3.63, 3.8) is 0 Å². The van der Waals surface area contributed by atoms with Crippen LogP contribution in [0.25, 0.3) is 0 Å². The van der Waals surface area contributed by atoms with Crippen LogP contribution in [-0.2, 0) is 4.79 Å². The van der Waals surface area contributed by atoms with E-state index in [4.69, 9.17) is 0 Å². The molecule has 1 amide bonds. The van der Waals surface area contributed by atoms with Gasteiger partial charge in [0.15, 0.2) is 0 Å². The van der Waals surface area contributed by atoms with Gasteiger partial charge in [-0.05, 0) is 26.4 Å². The molecule has 4 nitrogen and oxygen atoms in total. The number of likely N-dealkylation sites (N-methyl/N-ethyl adjacent to an activating group) is 1. The number of nitrogens with zero attached hydrogens (tertiary/aromatic N) is 1. The molecule has 0 saturated heterocycles. The molecule has 0 saturated carbocycles. The fraction of sp³-hybridized carbons (Fsp3) is 0.769. The van der Waals surface area contributed by atoms with Gasteiger partial charge in [-0.2, -0.15) is 0 Å². The first-order valence-corrected chi connectivity index (χ1v) is 6.22. The van der Waals surface area contributed by atoms with Crippen LogP contribution in [-0.4, -0.2) is 50.6 Å². The molecule has 0 spiro atoms. The minimum Gasteiger partial charge on any atom is -0.353 e. The van der Waals surface area contributed by atoms with E-state index < -0.39 is 0 Å². The third-order valence-electron chi connectivity index (χ3n) is 2.58. The van der Waals surface area contributed by atoms with E-state index in [1.54, 1.807) is 6.08 Å². The molecule has 1 unspecified atom stereocenters. The van der Waals surface area contributed by atoms with Crippen molar-refractivity contribution in [2.24, 2.45) is 5.92 Å². The van der Waals surface area contributed by atoms with E-state index in [1.807, 2.05) is 0 Å². The first kappa shape index (κ1) is 16.1. The first-order chi connectivity index (χ1) is 7.97. The zero-order valence-corrected chi connectivity index (χ0v) is 11.6. The standard InChI is InChI=1S/C13H27N3O/c1-6-7-14-10-13(17)15-9-12(16(4)5)8-11(2)3/h6,11-12,14H,1,7-10H2,2-5H3,(H,15,17). The van der Waals surface area contributed by atoms with Gasteiger partial charge in [0.05, 0.1) is 6.54 Å². The van der Waals surface area contributed by atoms with Crippen molar-refractivity contribution in [2.75, 3.05) is 33.7 Å². The summed E-state index contributed by atoms with van der Waals surface area (Å²) in [5.74, 6) is 0.681. The van der Waals surface area contributed by atoms with Crippen LogP contribution < -0.4 is 10.6 Å². The van der Waals surface area contributed by atoms with Crippen LogP contribution >= 0.6 is 0 Å². The molecular formula is C13H27N3O. The molecule has 0 heterocycles. The predicted molar refractivity (Wildman–Crippen MR) is 73.0 cm³/mol. The number of carbonyl (C=O) groups is 1. The molecule has 2 N–H and O–H groups in total. The molecule has 0 fully saturated rings. The van der Waals surface area contributed by atoms with Crippen molar-refractivity contribution in [1.29, 1.82) is 0 Å². The monoisotopic (exact) mass is 241 g/mol. The van der Waals surface area contributed by atoms with Crippen LogP contribution in [0.3, 0.4) is 0 Å². The van der Waals surface area contributed by atoms with Gasteiger partial charge in [0.25, 0.3) is 0 Å². The van der Waals surface area contributed by atoms with Crippen LogP contribution in [0.5, 0.6) is 0 Å². The number of carbonyl (C=O) groups excluding carboxylic acids is 1. The summed E-state index contributed by atoms with van der Waals surface area (Å²) in [6.07, 6.45) is 2.84. The van der Waals surface area contributed by atoms with E-state index in [1.165, 1.54) is 0 Å². The van der Waals surface area contributed by atoms with Gasteiger partial charge in [0.2, 0.25) is 5.91 Å². The van der Waals surface area contributed by atoms with Crippen LogP contribution in [0.4, 0.5) is 0 Å². The van der Waals surface area contributed by atoms with Crippen molar-refractivity contribution < 1.29 is 4.79 Å². The zero-order valence-electron chi connectivity index (χ0n) is 11.6. The summed E-state index contributed by atoms with van der Waals surface area (Å²) < 4.78 is 0. The molecular weight excluding hydrogens is 214 g/mol. The topological polar surface area (TPSA) is 44.4 Å². The van der Waals surface area contributed by atoms with Crippen molar-refractivity contribution in [1.82, 2.24) is 15.5 Å². The van der Waals surface area contributed by atoms with Gasteiger partial charge in [-0.3, -0.25) is 4.79 Å². The molecule has 0 aromatic heterocycles. The molecule has 17 heavy (non-hydrogen) atoms. The number of nitrogens with one attached hydrogen (secondary N) is 2. The average molecular weight is 241 g/mol. The van der Waals surface area contributed by atoms with Gasteiger partial charge in [-0.1, -0.05) is 19.9 Å². The molecule has 0 aromatic rings. The summed E-state index contributed by atoms with van der Waals surface area (Å²) in [4.78, 5) is 13.7. The smallest absolute Gasteiger partial charge is 0.234 e. The normalized spacial score (nSPS) is 12.8. The Morgan fingerprint density at radius 2 is 2.06 bits per heavy atom. The zero-order chi connectivity index (χ0) is 13.3. The minimum atomic E-state index is 0.0439. The number of hydrogen-bond acceptors (Lipinski definition) is 3. The third-order valence-corrected chi connectivity index (χ3v) is 2.58. The fourth-order valence-electron chi connectivity index (χ4n) is 1.60. The van der Waals surface area contributed by atoms with Crippen LogP contribution in [0.15, 0.2) is 12.7 Å². The number of rotatable bonds is 9. The summed E-state index contributed by atoms with van der Waals surface area (Å²) in [5, 5.41) is 5.94. The van der Waals surface area contributed by atoms with Crippen LogP contribution in [0, 0.1) is 5.92 Å². The lowest BCUT2D eigenvalue weighted by atomic mass is 10.0. The molecule has 100 valence electrons. The number of amides is 1. The van der Waals surface area contributed by atoms with Gasteiger partial charge in [0.1, 0.15) is 0 Å². The Bertz CT molecular complexity index is 227. The van der Waals surface area contributed by atoms with Gasteiger partial charge >= 0.3 is 0 Å². The van der Waals surface area contributed by atoms with Crippen molar-refractivity contribution in [3.8, 4) is 0 Å². The highest BCUT2D eigenvalue weighted by atomic mass is 16.1. The highest BCUT2D eigenvalue weighted by Crippen LogP contribution is 2.07. The van der Waals surface area contributed by atoms with E-state index >= 15 is 0 Å². The Kier molecular flexibility index (Phi) is 8.72. The quantitative estimate of drug-likeness (QED) is 0.465. The lowest BCUT2D eigenvalue weighted by Crippen LogP contribution is -2.43. The lowest BCUT2D eigenvalue weighted by Gasteiger charge is -2.26. The molecule has 0 aliphatic heterocycles. The van der Waals surface area contributed by atoms with Crippen LogP contribution in [0.1, 0.15) is 20.3 Å². The van der Waals surface area contributed by atoms with Gasteiger partial charge < -0.3 is 15.5 Å². The van der Waals surface area contributed by atoms with E-state index in [-0.39, 0.29) is 5.91 Å². The van der Waals surface area contributed by atoms with Crippen molar-refractivity contribution in [2.45, 2.75) is 26.3 Å². The van der Waals surface area contributed by atoms with Gasteiger partial charge in [0, 0.05) is 19.1 Å². The van der Waals surface area contributed by atoms with Gasteiger partial charge in [-0.15, -0.1) is 6.58 Å². The maximum Gasteiger partial charge on any atom is 0.234 e. The summed E-state index contributed by atoms with van der Waals surface area (Å²) in [5.41, 5.74) is 0. The largest absolute Gasteiger partial charge is 0.353 e. The van der Waals surface area contributed by atoms with E-state index in [2.05, 4.69) is 50.1 Å². The Balaban J connectivity index is 3.87. The molecule has 0 radical (unpaired) electrons. The predicted octanol–water partition coefficient (Wildman–Crippen LogP) is 0.855. The second-order valence-electron chi connectivity index (χ2n) is 4.97. The molecule has 1 atom stereocenters. The Labute approximate surface area is 105 Å². The first-order valence-electron chi connectivity index (χ1n) is 6.22. The van der Waals surface area contributed by atoms with E-state index in [9.17, 15) is 4.79 Å². The second kappa shape index (κ2) is 9.19. The molecule has 0 rings (SSSR count). The molecule has 0 bridgehead atoms. The maximum absolute atomic E-state index is 11.5. The molecule has 0 aliphatic carbocycles.